The minimum Gasteiger partial charge on any atom is -0.493 e. The first-order valence-electron chi connectivity index (χ1n) is 6.35. The Morgan fingerprint density at radius 1 is 1.35 bits per heavy atom. The van der Waals surface area contributed by atoms with Gasteiger partial charge in [-0.1, -0.05) is 0 Å². The van der Waals surface area contributed by atoms with Crippen LogP contribution in [0.25, 0.3) is 0 Å². The van der Waals surface area contributed by atoms with E-state index in [2.05, 4.69) is 30.4 Å². The fourth-order valence-electron chi connectivity index (χ4n) is 1.57. The number of rotatable bonds is 6. The monoisotopic (exact) mass is 325 g/mol. The van der Waals surface area contributed by atoms with E-state index in [-0.39, 0.29) is 23.1 Å². The number of halogens is 2. The summed E-state index contributed by atoms with van der Waals surface area (Å²) >= 11 is 0. The van der Waals surface area contributed by atoms with E-state index in [0.717, 1.165) is 0 Å². The van der Waals surface area contributed by atoms with Crippen molar-refractivity contribution in [2.75, 3.05) is 12.5 Å². The number of nitrogens with one attached hydrogen (secondary N) is 2. The lowest BCUT2D eigenvalue weighted by atomic mass is 10.2. The van der Waals surface area contributed by atoms with E-state index in [0.29, 0.717) is 5.56 Å². The van der Waals surface area contributed by atoms with Crippen molar-refractivity contribution in [3.63, 3.8) is 0 Å². The molecule has 0 bridgehead atoms. The maximum Gasteiger partial charge on any atom is 0.387 e. The van der Waals surface area contributed by atoms with Crippen molar-refractivity contribution in [1.82, 2.24) is 15.2 Å². The SMILES string of the molecule is COc1ccc(/C=N\Nc2nnc(C)c(=O)[nH]2)cc1OC(F)F. The van der Waals surface area contributed by atoms with Gasteiger partial charge < -0.3 is 9.47 Å². The highest BCUT2D eigenvalue weighted by Crippen LogP contribution is 2.28. The van der Waals surface area contributed by atoms with Gasteiger partial charge in [-0.2, -0.15) is 13.9 Å². The second kappa shape index (κ2) is 7.29. The van der Waals surface area contributed by atoms with Crippen LogP contribution in [-0.2, 0) is 0 Å². The molecule has 8 nitrogen and oxygen atoms in total. The number of aromatic amines is 1. The predicted octanol–water partition coefficient (Wildman–Crippen LogP) is 1.53. The number of benzene rings is 1. The van der Waals surface area contributed by atoms with E-state index in [4.69, 9.17) is 4.74 Å². The predicted molar refractivity (Wildman–Crippen MR) is 78.2 cm³/mol. The van der Waals surface area contributed by atoms with Crippen LogP contribution in [0, 0.1) is 6.92 Å². The lowest BCUT2D eigenvalue weighted by molar-refractivity contribution is -0.0512. The Bertz CT molecular complexity index is 764. The third-order valence-electron chi connectivity index (χ3n) is 2.65. The Hall–Kier alpha value is -3.04. The molecule has 2 rings (SSSR count). The van der Waals surface area contributed by atoms with Crippen LogP contribution in [0.2, 0.25) is 0 Å². The van der Waals surface area contributed by atoms with Crippen molar-refractivity contribution < 1.29 is 18.3 Å². The van der Waals surface area contributed by atoms with Gasteiger partial charge in [0.15, 0.2) is 11.5 Å². The van der Waals surface area contributed by atoms with Gasteiger partial charge in [0, 0.05) is 0 Å². The average molecular weight is 325 g/mol. The standard InChI is InChI=1S/C13H13F2N5O3/c1-7-11(21)17-13(20-18-7)19-16-6-8-3-4-9(22-2)10(5-8)23-12(14)15/h3-6,12H,1-2H3,(H2,17,19,20,21)/b16-6-. The van der Waals surface area contributed by atoms with E-state index >= 15 is 0 Å². The summed E-state index contributed by atoms with van der Waals surface area (Å²) in [6.45, 7) is -1.46. The molecule has 0 spiro atoms. The molecular weight excluding hydrogens is 312 g/mol. The topological polar surface area (TPSA) is 101 Å². The molecule has 0 saturated carbocycles. The molecule has 10 heteroatoms. The molecule has 0 aliphatic heterocycles. The highest BCUT2D eigenvalue weighted by Gasteiger charge is 2.10. The van der Waals surface area contributed by atoms with Gasteiger partial charge in [-0.15, -0.1) is 10.2 Å². The normalized spacial score (nSPS) is 11.0. The molecule has 122 valence electrons. The number of aryl methyl sites for hydroxylation is 1. The summed E-state index contributed by atoms with van der Waals surface area (Å²) in [6.07, 6.45) is 1.33. The van der Waals surface area contributed by atoms with E-state index in [1.54, 1.807) is 6.07 Å². The number of hydrogen-bond acceptors (Lipinski definition) is 7. The molecule has 2 aromatic rings. The highest BCUT2D eigenvalue weighted by molar-refractivity contribution is 5.81. The molecule has 0 saturated heterocycles. The molecule has 23 heavy (non-hydrogen) atoms. The summed E-state index contributed by atoms with van der Waals surface area (Å²) < 4.78 is 34.0. The third kappa shape index (κ3) is 4.46. The minimum atomic E-state index is -2.97. The summed E-state index contributed by atoms with van der Waals surface area (Å²) in [5.74, 6) is 0.105. The number of H-pyrrole nitrogens is 1. The van der Waals surface area contributed by atoms with Crippen molar-refractivity contribution in [2.45, 2.75) is 13.5 Å². The number of nitrogens with zero attached hydrogens (tertiary/aromatic N) is 3. The summed E-state index contributed by atoms with van der Waals surface area (Å²) in [5.41, 5.74) is 2.77. The zero-order valence-electron chi connectivity index (χ0n) is 12.2. The maximum atomic E-state index is 12.3. The maximum absolute atomic E-state index is 12.3. The van der Waals surface area contributed by atoms with Crippen LogP contribution in [0.5, 0.6) is 11.5 Å². The Morgan fingerprint density at radius 3 is 2.78 bits per heavy atom. The molecule has 1 aromatic carbocycles. The summed E-state index contributed by atoms with van der Waals surface area (Å²) in [6, 6.07) is 4.39. The van der Waals surface area contributed by atoms with Gasteiger partial charge in [-0.3, -0.25) is 9.78 Å². The second-order valence-electron chi connectivity index (χ2n) is 4.25. The van der Waals surface area contributed by atoms with Crippen molar-refractivity contribution >= 4 is 12.2 Å². The van der Waals surface area contributed by atoms with Crippen LogP contribution in [0.3, 0.4) is 0 Å². The molecular formula is C13H13F2N5O3. The highest BCUT2D eigenvalue weighted by atomic mass is 19.3. The number of anilines is 1. The van der Waals surface area contributed by atoms with Crippen LogP contribution in [-0.4, -0.2) is 35.1 Å². The van der Waals surface area contributed by atoms with Crippen LogP contribution >= 0.6 is 0 Å². The molecule has 0 aliphatic carbocycles. The lowest BCUT2D eigenvalue weighted by Crippen LogP contribution is -2.15. The average Bonchev–Trinajstić information content (AvgIpc) is 2.50. The number of ether oxygens (including phenoxy) is 2. The molecule has 0 fully saturated rings. The summed E-state index contributed by atoms with van der Waals surface area (Å²) in [4.78, 5) is 13.8. The third-order valence-corrected chi connectivity index (χ3v) is 2.65. The zero-order chi connectivity index (χ0) is 16.8. The van der Waals surface area contributed by atoms with Gasteiger partial charge in [0.2, 0.25) is 5.95 Å². The molecule has 0 atom stereocenters. The van der Waals surface area contributed by atoms with Crippen LogP contribution < -0.4 is 20.5 Å². The van der Waals surface area contributed by atoms with E-state index < -0.39 is 12.2 Å². The van der Waals surface area contributed by atoms with E-state index in [9.17, 15) is 13.6 Å². The van der Waals surface area contributed by atoms with Crippen LogP contribution in [0.4, 0.5) is 14.7 Å². The zero-order valence-corrected chi connectivity index (χ0v) is 12.2. The number of alkyl halides is 2. The van der Waals surface area contributed by atoms with Crippen molar-refractivity contribution in [3.05, 3.63) is 39.8 Å². The number of hydrogen-bond donors (Lipinski definition) is 2. The Morgan fingerprint density at radius 2 is 2.13 bits per heavy atom. The number of methoxy groups -OCH3 is 1. The molecule has 1 heterocycles. The molecule has 1 aromatic heterocycles. The van der Waals surface area contributed by atoms with Gasteiger partial charge in [0.1, 0.15) is 5.69 Å². The van der Waals surface area contributed by atoms with E-state index in [1.165, 1.54) is 32.4 Å². The number of aromatic nitrogens is 3. The van der Waals surface area contributed by atoms with Crippen LogP contribution in [0.15, 0.2) is 28.1 Å². The first kappa shape index (κ1) is 16.3. The second-order valence-corrected chi connectivity index (χ2v) is 4.25. The number of hydrazone groups is 1. The van der Waals surface area contributed by atoms with Crippen molar-refractivity contribution in [1.29, 1.82) is 0 Å². The Kier molecular flexibility index (Phi) is 5.18. The Labute approximate surface area is 129 Å². The fourth-order valence-corrected chi connectivity index (χ4v) is 1.57. The molecule has 0 aliphatic rings. The molecule has 0 amide bonds. The van der Waals surface area contributed by atoms with Gasteiger partial charge in [0.05, 0.1) is 13.3 Å². The lowest BCUT2D eigenvalue weighted by Gasteiger charge is -2.10. The van der Waals surface area contributed by atoms with Crippen molar-refractivity contribution in [3.8, 4) is 11.5 Å². The smallest absolute Gasteiger partial charge is 0.387 e. The molecule has 0 unspecified atom stereocenters. The fraction of sp³-hybridized carbons (Fsp3) is 0.231. The molecule has 0 radical (unpaired) electrons. The first-order valence-corrected chi connectivity index (χ1v) is 6.35. The quantitative estimate of drug-likeness (QED) is 0.617. The molecule has 2 N–H and O–H groups in total. The van der Waals surface area contributed by atoms with Gasteiger partial charge in [-0.05, 0) is 30.7 Å². The van der Waals surface area contributed by atoms with Gasteiger partial charge in [-0.25, -0.2) is 5.43 Å². The van der Waals surface area contributed by atoms with Crippen LogP contribution in [0.1, 0.15) is 11.3 Å². The first-order chi connectivity index (χ1) is 11.0. The largest absolute Gasteiger partial charge is 0.493 e. The summed E-state index contributed by atoms with van der Waals surface area (Å²) in [5, 5.41) is 11.1. The summed E-state index contributed by atoms with van der Waals surface area (Å²) in [7, 11) is 1.34. The van der Waals surface area contributed by atoms with Gasteiger partial charge >= 0.3 is 6.61 Å². The van der Waals surface area contributed by atoms with E-state index in [1.807, 2.05) is 0 Å². The minimum absolute atomic E-state index is 0.0504. The Balaban J connectivity index is 2.12. The van der Waals surface area contributed by atoms with Crippen molar-refractivity contribution in [2.24, 2.45) is 5.10 Å². The van der Waals surface area contributed by atoms with Gasteiger partial charge in [0.25, 0.3) is 5.56 Å².